The van der Waals surface area contributed by atoms with Gasteiger partial charge in [0.15, 0.2) is 0 Å². The Morgan fingerprint density at radius 2 is 2.40 bits per heavy atom. The van der Waals surface area contributed by atoms with Gasteiger partial charge in [0.2, 0.25) is 0 Å². The van der Waals surface area contributed by atoms with Gasteiger partial charge in [0, 0.05) is 12.4 Å². The summed E-state index contributed by atoms with van der Waals surface area (Å²) in [5.41, 5.74) is 6.97. The predicted octanol–water partition coefficient (Wildman–Crippen LogP) is 1.41. The van der Waals surface area contributed by atoms with Crippen molar-refractivity contribution in [2.45, 2.75) is 0 Å². The maximum Gasteiger partial charge on any atom is 0.139 e. The van der Waals surface area contributed by atoms with Crippen LogP contribution in [0, 0.1) is 0 Å². The SMILES string of the molecule is Nc1coc2ccncc12. The number of furan rings is 1. The Hall–Kier alpha value is -1.51. The van der Waals surface area contributed by atoms with Crippen molar-refractivity contribution in [3.8, 4) is 0 Å². The quantitative estimate of drug-likeness (QED) is 0.592. The number of nitrogens with two attached hydrogens (primary N) is 1. The van der Waals surface area contributed by atoms with E-state index >= 15 is 0 Å². The molecule has 0 aromatic carbocycles. The molecule has 10 heavy (non-hydrogen) atoms. The molecule has 0 fully saturated rings. The normalized spacial score (nSPS) is 10.4. The van der Waals surface area contributed by atoms with E-state index < -0.39 is 0 Å². The molecule has 0 bridgehead atoms. The summed E-state index contributed by atoms with van der Waals surface area (Å²) in [5.74, 6) is 0. The molecule has 0 aliphatic rings. The number of anilines is 1. The van der Waals surface area contributed by atoms with E-state index in [1.165, 1.54) is 6.26 Å². The van der Waals surface area contributed by atoms with E-state index in [2.05, 4.69) is 4.98 Å². The van der Waals surface area contributed by atoms with Crippen LogP contribution < -0.4 is 5.73 Å². The Morgan fingerprint density at radius 3 is 3.20 bits per heavy atom. The molecular weight excluding hydrogens is 128 g/mol. The molecule has 0 amide bonds. The molecule has 50 valence electrons. The molecule has 2 aromatic rings. The van der Waals surface area contributed by atoms with Crippen LogP contribution in [0.25, 0.3) is 11.0 Å². The summed E-state index contributed by atoms with van der Waals surface area (Å²) >= 11 is 0. The van der Waals surface area contributed by atoms with Crippen LogP contribution in [0.2, 0.25) is 0 Å². The first kappa shape index (κ1) is 5.29. The molecule has 2 rings (SSSR count). The lowest BCUT2D eigenvalue weighted by molar-refractivity contribution is 0.617. The average molecular weight is 134 g/mol. The third kappa shape index (κ3) is 0.572. The van der Waals surface area contributed by atoms with Crippen LogP contribution in [-0.2, 0) is 0 Å². The Balaban J connectivity index is 2.93. The van der Waals surface area contributed by atoms with Crippen LogP contribution in [0.1, 0.15) is 0 Å². The van der Waals surface area contributed by atoms with Gasteiger partial charge in [-0.2, -0.15) is 0 Å². The Kier molecular flexibility index (Phi) is 0.917. The van der Waals surface area contributed by atoms with Crippen molar-refractivity contribution in [2.75, 3.05) is 5.73 Å². The number of hydrogen-bond acceptors (Lipinski definition) is 3. The summed E-state index contributed by atoms with van der Waals surface area (Å²) in [6.07, 6.45) is 4.88. The first-order valence-electron chi connectivity index (χ1n) is 2.94. The number of nitrogens with zero attached hydrogens (tertiary/aromatic N) is 1. The van der Waals surface area contributed by atoms with Crippen LogP contribution >= 0.6 is 0 Å². The van der Waals surface area contributed by atoms with Gasteiger partial charge in [-0.1, -0.05) is 0 Å². The lowest BCUT2D eigenvalue weighted by atomic mass is 10.3. The summed E-state index contributed by atoms with van der Waals surface area (Å²) in [4.78, 5) is 3.91. The van der Waals surface area contributed by atoms with Gasteiger partial charge in [0.1, 0.15) is 11.8 Å². The molecule has 3 heteroatoms. The summed E-state index contributed by atoms with van der Waals surface area (Å²) < 4.78 is 5.08. The van der Waals surface area contributed by atoms with Gasteiger partial charge in [-0.25, -0.2) is 0 Å². The summed E-state index contributed by atoms with van der Waals surface area (Å²) in [6, 6.07) is 1.78. The van der Waals surface area contributed by atoms with Gasteiger partial charge in [-0.15, -0.1) is 0 Å². The molecule has 2 aromatic heterocycles. The van der Waals surface area contributed by atoms with E-state index in [1.54, 1.807) is 18.5 Å². The zero-order chi connectivity index (χ0) is 6.97. The molecule has 2 N–H and O–H groups in total. The predicted molar refractivity (Wildman–Crippen MR) is 38.4 cm³/mol. The third-order valence-corrected chi connectivity index (χ3v) is 1.40. The van der Waals surface area contributed by atoms with Crippen LogP contribution in [0.5, 0.6) is 0 Å². The van der Waals surface area contributed by atoms with E-state index in [9.17, 15) is 0 Å². The number of rotatable bonds is 0. The Labute approximate surface area is 57.5 Å². The number of nitrogen functional groups attached to an aromatic ring is 1. The average Bonchev–Trinajstić information content (AvgIpc) is 2.34. The smallest absolute Gasteiger partial charge is 0.139 e. The molecule has 0 saturated heterocycles. The molecule has 0 aliphatic heterocycles. The van der Waals surface area contributed by atoms with E-state index in [-0.39, 0.29) is 0 Å². The lowest BCUT2D eigenvalue weighted by Gasteiger charge is -1.84. The first-order valence-corrected chi connectivity index (χ1v) is 2.94. The van der Waals surface area contributed by atoms with E-state index in [4.69, 9.17) is 10.2 Å². The second-order valence-corrected chi connectivity index (χ2v) is 2.06. The molecule has 0 aliphatic carbocycles. The third-order valence-electron chi connectivity index (χ3n) is 1.40. The molecule has 3 nitrogen and oxygen atoms in total. The summed E-state index contributed by atoms with van der Waals surface area (Å²) in [7, 11) is 0. The van der Waals surface area contributed by atoms with E-state index in [0.29, 0.717) is 5.69 Å². The lowest BCUT2D eigenvalue weighted by Crippen LogP contribution is -1.79. The van der Waals surface area contributed by atoms with E-state index in [0.717, 1.165) is 11.0 Å². The Bertz CT molecular complexity index is 353. The number of aromatic nitrogens is 1. The summed E-state index contributed by atoms with van der Waals surface area (Å²) in [5, 5.41) is 0.877. The van der Waals surface area contributed by atoms with Crippen molar-refractivity contribution in [3.05, 3.63) is 24.7 Å². The van der Waals surface area contributed by atoms with Crippen LogP contribution in [0.15, 0.2) is 29.1 Å². The fraction of sp³-hybridized carbons (Fsp3) is 0. The van der Waals surface area contributed by atoms with Gasteiger partial charge < -0.3 is 10.2 Å². The van der Waals surface area contributed by atoms with Gasteiger partial charge in [-0.05, 0) is 6.07 Å². The highest BCUT2D eigenvalue weighted by Gasteiger charge is 1.98. The molecule has 0 radical (unpaired) electrons. The van der Waals surface area contributed by atoms with Gasteiger partial charge in [0.25, 0.3) is 0 Å². The first-order chi connectivity index (χ1) is 4.88. The van der Waals surface area contributed by atoms with Crippen molar-refractivity contribution in [1.29, 1.82) is 0 Å². The largest absolute Gasteiger partial charge is 0.462 e. The van der Waals surface area contributed by atoms with Crippen molar-refractivity contribution < 1.29 is 4.42 Å². The highest BCUT2D eigenvalue weighted by atomic mass is 16.3. The van der Waals surface area contributed by atoms with Crippen molar-refractivity contribution in [3.63, 3.8) is 0 Å². The van der Waals surface area contributed by atoms with Crippen LogP contribution in [0.3, 0.4) is 0 Å². The number of pyridine rings is 1. The van der Waals surface area contributed by atoms with Crippen molar-refractivity contribution >= 4 is 16.7 Å². The minimum absolute atomic E-state index is 0.642. The number of fused-ring (bicyclic) bond motifs is 1. The van der Waals surface area contributed by atoms with Crippen molar-refractivity contribution in [1.82, 2.24) is 4.98 Å². The monoisotopic (exact) mass is 134 g/mol. The van der Waals surface area contributed by atoms with Gasteiger partial charge in [-0.3, -0.25) is 4.98 Å². The van der Waals surface area contributed by atoms with Gasteiger partial charge >= 0.3 is 0 Å². The fourth-order valence-corrected chi connectivity index (χ4v) is 0.892. The second-order valence-electron chi connectivity index (χ2n) is 2.06. The molecular formula is C7H6N2O. The number of hydrogen-bond donors (Lipinski definition) is 1. The molecule has 0 unspecified atom stereocenters. The second kappa shape index (κ2) is 1.73. The molecule has 0 atom stereocenters. The maximum atomic E-state index is 5.54. The van der Waals surface area contributed by atoms with E-state index in [1.807, 2.05) is 0 Å². The zero-order valence-electron chi connectivity index (χ0n) is 5.24. The minimum Gasteiger partial charge on any atom is -0.462 e. The zero-order valence-corrected chi connectivity index (χ0v) is 5.24. The fourth-order valence-electron chi connectivity index (χ4n) is 0.892. The molecule has 2 heterocycles. The van der Waals surface area contributed by atoms with Crippen LogP contribution in [0.4, 0.5) is 5.69 Å². The highest BCUT2D eigenvalue weighted by Crippen LogP contribution is 2.20. The van der Waals surface area contributed by atoms with Gasteiger partial charge in [0.05, 0.1) is 11.1 Å². The topological polar surface area (TPSA) is 52.0 Å². The minimum atomic E-state index is 0.642. The molecule has 0 saturated carbocycles. The van der Waals surface area contributed by atoms with Crippen molar-refractivity contribution in [2.24, 2.45) is 0 Å². The summed E-state index contributed by atoms with van der Waals surface area (Å²) in [6.45, 7) is 0. The van der Waals surface area contributed by atoms with Crippen LogP contribution in [-0.4, -0.2) is 4.98 Å². The maximum absolute atomic E-state index is 5.54. The Morgan fingerprint density at radius 1 is 1.50 bits per heavy atom. The molecule has 0 spiro atoms. The standard InChI is InChI=1S/C7H6N2O/c8-6-4-10-7-1-2-9-3-5(6)7/h1-4H,8H2. The highest BCUT2D eigenvalue weighted by molar-refractivity contribution is 5.88.